The zero-order valence-electron chi connectivity index (χ0n) is 18.6. The van der Waals surface area contributed by atoms with Gasteiger partial charge in [0.25, 0.3) is 0 Å². The first-order chi connectivity index (χ1) is 13.9. The molecule has 0 aliphatic heterocycles. The lowest BCUT2D eigenvalue weighted by Crippen LogP contribution is -2.05. The largest absolute Gasteiger partial charge is 0.0664 e. The van der Waals surface area contributed by atoms with Crippen molar-refractivity contribution in [3.63, 3.8) is 0 Å². The van der Waals surface area contributed by atoms with Crippen LogP contribution in [0.3, 0.4) is 0 Å². The minimum absolute atomic E-state index is 1.39. The fraction of sp³-hybridized carbons (Fsp3) is 0.786. The lowest BCUT2D eigenvalue weighted by atomic mass is 9.81. The van der Waals surface area contributed by atoms with Crippen molar-refractivity contribution in [3.05, 3.63) is 33.4 Å². The van der Waals surface area contributed by atoms with Crippen LogP contribution in [0.1, 0.15) is 141 Å². The van der Waals surface area contributed by atoms with Crippen LogP contribution in [0.25, 0.3) is 0 Å². The molecule has 0 atom stereocenters. The zero-order chi connectivity index (χ0) is 19.0. The van der Waals surface area contributed by atoms with Crippen LogP contribution in [-0.4, -0.2) is 0 Å². The third kappa shape index (κ3) is 5.22. The van der Waals surface area contributed by atoms with Gasteiger partial charge in [-0.3, -0.25) is 0 Å². The van der Waals surface area contributed by atoms with E-state index >= 15 is 0 Å². The summed E-state index contributed by atoms with van der Waals surface area (Å²) in [5.41, 5.74) is 11.4. The number of hydrogen-bond donors (Lipinski definition) is 0. The molecule has 4 rings (SSSR count). The second kappa shape index (κ2) is 10.8. The van der Waals surface area contributed by atoms with E-state index < -0.39 is 0 Å². The van der Waals surface area contributed by atoms with Gasteiger partial charge in [0, 0.05) is 0 Å². The van der Waals surface area contributed by atoms with Gasteiger partial charge in [-0.15, -0.1) is 0 Å². The van der Waals surface area contributed by atoms with E-state index in [-0.39, 0.29) is 0 Å². The molecule has 4 fully saturated rings. The Morgan fingerprint density at radius 1 is 0.250 bits per heavy atom. The van der Waals surface area contributed by atoms with Gasteiger partial charge in [0.2, 0.25) is 0 Å². The second-order valence-electron chi connectivity index (χ2n) is 10.1. The van der Waals surface area contributed by atoms with Crippen molar-refractivity contribution in [2.45, 2.75) is 141 Å². The van der Waals surface area contributed by atoms with Gasteiger partial charge in [0.05, 0.1) is 0 Å². The van der Waals surface area contributed by atoms with Gasteiger partial charge < -0.3 is 0 Å². The molecule has 0 amide bonds. The molecule has 28 heavy (non-hydrogen) atoms. The number of rotatable bonds is 0. The van der Waals surface area contributed by atoms with Crippen molar-refractivity contribution < 1.29 is 0 Å². The molecular weight excluding hydrogens is 336 g/mol. The molecule has 4 aliphatic rings. The smallest absolute Gasteiger partial charge is 0.0201 e. The Morgan fingerprint density at radius 2 is 0.536 bits per heavy atom. The topological polar surface area (TPSA) is 0 Å². The zero-order valence-corrected chi connectivity index (χ0v) is 18.6. The number of allylic oxidation sites excluding steroid dienone is 6. The van der Waals surface area contributed by atoms with E-state index in [0.717, 1.165) is 0 Å². The molecule has 0 unspecified atom stereocenters. The third-order valence-electron chi connectivity index (χ3n) is 8.04. The highest BCUT2D eigenvalue weighted by molar-refractivity contribution is 5.54. The van der Waals surface area contributed by atoms with Crippen LogP contribution in [0.15, 0.2) is 33.4 Å². The monoisotopic (exact) mass is 380 g/mol. The van der Waals surface area contributed by atoms with Crippen molar-refractivity contribution in [3.8, 4) is 0 Å². The van der Waals surface area contributed by atoms with Gasteiger partial charge in [-0.1, -0.05) is 55.2 Å². The van der Waals surface area contributed by atoms with Crippen LogP contribution in [0.2, 0.25) is 0 Å². The summed E-state index contributed by atoms with van der Waals surface area (Å²) < 4.78 is 0. The maximum absolute atomic E-state index is 1.90. The van der Waals surface area contributed by atoms with Crippen LogP contribution >= 0.6 is 0 Å². The molecule has 0 nitrogen and oxygen atoms in total. The van der Waals surface area contributed by atoms with Crippen molar-refractivity contribution >= 4 is 0 Å². The Labute approximate surface area is 175 Å². The highest BCUT2D eigenvalue weighted by Crippen LogP contribution is 2.44. The van der Waals surface area contributed by atoms with Gasteiger partial charge in [-0.25, -0.2) is 0 Å². The molecule has 0 heteroatoms. The second-order valence-corrected chi connectivity index (χ2v) is 10.1. The van der Waals surface area contributed by atoms with Crippen molar-refractivity contribution in [1.29, 1.82) is 0 Å². The molecule has 0 spiro atoms. The standard InChI is InChI=1S/C28H44/c1-2-8-16-23(15-7-1)26-21-13-14-22-27(24-17-9-3-4-10-18-24)28(26)25-19-11-5-6-12-20-25/h1-22H2. The highest BCUT2D eigenvalue weighted by atomic mass is 14.3. The average Bonchev–Trinajstić information content (AvgIpc) is 3.28. The van der Waals surface area contributed by atoms with Crippen molar-refractivity contribution in [2.75, 3.05) is 0 Å². The molecule has 0 radical (unpaired) electrons. The van der Waals surface area contributed by atoms with Crippen LogP contribution < -0.4 is 0 Å². The summed E-state index contributed by atoms with van der Waals surface area (Å²) in [7, 11) is 0. The Morgan fingerprint density at radius 3 is 0.893 bits per heavy atom. The molecule has 0 aromatic heterocycles. The Balaban J connectivity index is 1.82. The summed E-state index contributed by atoms with van der Waals surface area (Å²) >= 11 is 0. The molecule has 0 heterocycles. The van der Waals surface area contributed by atoms with E-state index in [2.05, 4.69) is 0 Å². The summed E-state index contributed by atoms with van der Waals surface area (Å²) in [5.74, 6) is 0. The fourth-order valence-electron chi connectivity index (χ4n) is 6.49. The minimum atomic E-state index is 1.39. The van der Waals surface area contributed by atoms with E-state index in [1.807, 2.05) is 33.4 Å². The highest BCUT2D eigenvalue weighted by Gasteiger charge is 2.25. The molecule has 0 N–H and O–H groups in total. The van der Waals surface area contributed by atoms with Gasteiger partial charge in [-0.05, 0) is 119 Å². The van der Waals surface area contributed by atoms with Gasteiger partial charge in [-0.2, -0.15) is 0 Å². The first-order valence-electron chi connectivity index (χ1n) is 13.1. The molecule has 156 valence electrons. The van der Waals surface area contributed by atoms with Gasteiger partial charge >= 0.3 is 0 Å². The molecular formula is C28H44. The number of hydrogen-bond acceptors (Lipinski definition) is 0. The van der Waals surface area contributed by atoms with E-state index in [1.165, 1.54) is 141 Å². The predicted molar refractivity (Wildman–Crippen MR) is 123 cm³/mol. The van der Waals surface area contributed by atoms with E-state index in [0.29, 0.717) is 0 Å². The van der Waals surface area contributed by atoms with Gasteiger partial charge in [0.1, 0.15) is 0 Å². The summed E-state index contributed by atoms with van der Waals surface area (Å²) in [6, 6.07) is 0. The fourth-order valence-corrected chi connectivity index (χ4v) is 6.49. The molecule has 0 saturated heterocycles. The van der Waals surface area contributed by atoms with Crippen molar-refractivity contribution in [1.82, 2.24) is 0 Å². The summed E-state index contributed by atoms with van der Waals surface area (Å²) in [4.78, 5) is 0. The summed E-state index contributed by atoms with van der Waals surface area (Å²) in [6.07, 6.45) is 31.6. The van der Waals surface area contributed by atoms with Crippen LogP contribution in [-0.2, 0) is 0 Å². The van der Waals surface area contributed by atoms with Crippen LogP contribution in [0.5, 0.6) is 0 Å². The summed E-state index contributed by atoms with van der Waals surface area (Å²) in [6.45, 7) is 0. The average molecular weight is 381 g/mol. The Kier molecular flexibility index (Phi) is 7.93. The molecule has 0 bridgehead atoms. The summed E-state index contributed by atoms with van der Waals surface area (Å²) in [5, 5.41) is 0. The van der Waals surface area contributed by atoms with E-state index in [4.69, 9.17) is 0 Å². The lowest BCUT2D eigenvalue weighted by Gasteiger charge is -2.24. The normalized spacial score (nSPS) is 26.6. The molecule has 0 aromatic carbocycles. The van der Waals surface area contributed by atoms with Crippen LogP contribution in [0, 0.1) is 0 Å². The van der Waals surface area contributed by atoms with Crippen LogP contribution in [0.4, 0.5) is 0 Å². The van der Waals surface area contributed by atoms with E-state index in [1.54, 1.807) is 0 Å². The maximum Gasteiger partial charge on any atom is -0.0201 e. The van der Waals surface area contributed by atoms with Gasteiger partial charge in [0.15, 0.2) is 0 Å². The molecule has 0 aromatic rings. The van der Waals surface area contributed by atoms with Crippen molar-refractivity contribution in [2.24, 2.45) is 0 Å². The third-order valence-corrected chi connectivity index (χ3v) is 8.04. The predicted octanol–water partition coefficient (Wildman–Crippen LogP) is 9.51. The minimum Gasteiger partial charge on any atom is -0.0664 e. The molecule has 4 aliphatic carbocycles. The first kappa shape index (κ1) is 20.5. The molecule has 4 saturated carbocycles. The SMILES string of the molecule is C1CCCC(=C2CCCCC(=C3CCCCCC3)C2=C2CCCCCC2)CC1. The lowest BCUT2D eigenvalue weighted by molar-refractivity contribution is 0.702. The first-order valence-corrected chi connectivity index (χ1v) is 13.1. The maximum atomic E-state index is 1.90. The Bertz CT molecular complexity index is 540. The van der Waals surface area contributed by atoms with E-state index in [9.17, 15) is 0 Å². The quantitative estimate of drug-likeness (QED) is 0.367. The Hall–Kier alpha value is -0.780.